The fraction of sp³-hybridized carbons (Fsp3) is 0.167. The van der Waals surface area contributed by atoms with E-state index in [9.17, 15) is 13.2 Å². The summed E-state index contributed by atoms with van der Waals surface area (Å²) in [7, 11) is -3.67. The highest BCUT2D eigenvalue weighted by molar-refractivity contribution is 7.89. The van der Waals surface area contributed by atoms with Crippen LogP contribution in [-0.4, -0.2) is 31.1 Å². The number of ether oxygens (including phenoxy) is 1. The molecule has 0 atom stereocenters. The van der Waals surface area contributed by atoms with Crippen LogP contribution in [0.25, 0.3) is 11.5 Å². The number of carbonyl (C=O) groups is 1. The highest BCUT2D eigenvalue weighted by atomic mass is 35.5. The molecule has 0 aliphatic carbocycles. The molecular weight excluding hydrogens is 406 g/mol. The molecule has 3 aromatic rings. The van der Waals surface area contributed by atoms with Crippen molar-refractivity contribution in [1.82, 2.24) is 14.9 Å². The van der Waals surface area contributed by atoms with Gasteiger partial charge in [0.05, 0.1) is 10.5 Å². The minimum absolute atomic E-state index is 0.0217. The molecule has 0 saturated heterocycles. The molecule has 0 spiro atoms. The van der Waals surface area contributed by atoms with Crippen molar-refractivity contribution in [2.45, 2.75) is 18.4 Å². The van der Waals surface area contributed by atoms with E-state index in [0.717, 1.165) is 0 Å². The van der Waals surface area contributed by atoms with Gasteiger partial charge in [0.25, 0.3) is 5.89 Å². The molecule has 0 bridgehead atoms. The minimum atomic E-state index is -3.67. The highest BCUT2D eigenvalue weighted by Gasteiger charge is 2.17. The number of nitrogens with one attached hydrogen (secondary N) is 1. The van der Waals surface area contributed by atoms with Crippen LogP contribution in [0, 0.1) is 0 Å². The molecule has 1 aromatic heterocycles. The Morgan fingerprint density at radius 1 is 1.18 bits per heavy atom. The number of nitrogens with zero attached hydrogens (tertiary/aromatic N) is 2. The van der Waals surface area contributed by atoms with Crippen LogP contribution in [0.5, 0.6) is 0 Å². The van der Waals surface area contributed by atoms with Crippen molar-refractivity contribution in [2.75, 3.05) is 6.54 Å². The summed E-state index contributed by atoms with van der Waals surface area (Å²) in [6.45, 7) is 1.66. The van der Waals surface area contributed by atoms with Gasteiger partial charge in [-0.05, 0) is 42.5 Å². The maximum Gasteiger partial charge on any atom is 0.338 e. The van der Waals surface area contributed by atoms with Gasteiger partial charge in [0.2, 0.25) is 15.9 Å². The second-order valence-corrected chi connectivity index (χ2v) is 7.82. The molecule has 0 unspecified atom stereocenters. The normalized spacial score (nSPS) is 11.4. The third-order valence-corrected chi connectivity index (χ3v) is 5.39. The molecule has 3 rings (SSSR count). The average Bonchev–Trinajstić information content (AvgIpc) is 3.16. The Morgan fingerprint density at radius 2 is 1.93 bits per heavy atom. The summed E-state index contributed by atoms with van der Waals surface area (Å²) >= 11 is 5.84. The van der Waals surface area contributed by atoms with Gasteiger partial charge in [-0.3, -0.25) is 0 Å². The van der Waals surface area contributed by atoms with E-state index in [-0.39, 0.29) is 35.4 Å². The Morgan fingerprint density at radius 3 is 2.64 bits per heavy atom. The lowest BCUT2D eigenvalue weighted by atomic mass is 10.2. The van der Waals surface area contributed by atoms with Crippen LogP contribution in [0.4, 0.5) is 0 Å². The van der Waals surface area contributed by atoms with Crippen LogP contribution in [0.15, 0.2) is 57.8 Å². The number of rotatable bonds is 7. The number of hydrogen-bond donors (Lipinski definition) is 1. The fourth-order valence-corrected chi connectivity index (χ4v) is 3.51. The molecule has 0 aliphatic heterocycles. The molecule has 10 heteroatoms. The number of aromatic nitrogens is 2. The average molecular weight is 422 g/mol. The number of esters is 1. The highest BCUT2D eigenvalue weighted by Crippen LogP contribution is 2.20. The van der Waals surface area contributed by atoms with E-state index in [1.54, 1.807) is 31.2 Å². The van der Waals surface area contributed by atoms with Crippen molar-refractivity contribution < 1.29 is 22.4 Å². The first-order valence-electron chi connectivity index (χ1n) is 8.24. The van der Waals surface area contributed by atoms with E-state index in [1.165, 1.54) is 24.3 Å². The largest absolute Gasteiger partial charge is 0.452 e. The molecule has 146 valence electrons. The first-order valence-corrected chi connectivity index (χ1v) is 10.1. The Balaban J connectivity index is 1.67. The monoisotopic (exact) mass is 421 g/mol. The molecule has 1 N–H and O–H groups in total. The number of hydrogen-bond acceptors (Lipinski definition) is 7. The molecule has 0 amide bonds. The van der Waals surface area contributed by atoms with Gasteiger partial charge in [-0.1, -0.05) is 24.6 Å². The summed E-state index contributed by atoms with van der Waals surface area (Å²) < 4.78 is 37.0. The quantitative estimate of drug-likeness (QED) is 0.583. The van der Waals surface area contributed by atoms with Gasteiger partial charge in [-0.2, -0.15) is 0 Å². The summed E-state index contributed by atoms with van der Waals surface area (Å²) in [5.41, 5.74) is 0.771. The minimum Gasteiger partial charge on any atom is -0.452 e. The summed E-state index contributed by atoms with van der Waals surface area (Å²) in [4.78, 5) is 12.2. The molecule has 0 fully saturated rings. The van der Waals surface area contributed by atoms with Gasteiger partial charge in [0.15, 0.2) is 6.61 Å². The van der Waals surface area contributed by atoms with E-state index in [0.29, 0.717) is 10.6 Å². The van der Waals surface area contributed by atoms with Crippen molar-refractivity contribution in [1.29, 1.82) is 0 Å². The number of benzene rings is 2. The lowest BCUT2D eigenvalue weighted by Gasteiger charge is -2.06. The maximum absolute atomic E-state index is 12.2. The van der Waals surface area contributed by atoms with Gasteiger partial charge in [0, 0.05) is 17.1 Å². The Kier molecular flexibility index (Phi) is 6.08. The lowest BCUT2D eigenvalue weighted by Crippen LogP contribution is -2.23. The molecule has 8 nitrogen and oxygen atoms in total. The number of carbonyl (C=O) groups excluding carboxylic acids is 1. The second-order valence-electron chi connectivity index (χ2n) is 5.61. The maximum atomic E-state index is 12.2. The lowest BCUT2D eigenvalue weighted by molar-refractivity contribution is 0.0438. The van der Waals surface area contributed by atoms with E-state index in [1.807, 2.05) is 0 Å². The third-order valence-electron chi connectivity index (χ3n) is 3.60. The van der Waals surface area contributed by atoms with Gasteiger partial charge >= 0.3 is 5.97 Å². The van der Waals surface area contributed by atoms with E-state index in [2.05, 4.69) is 14.9 Å². The van der Waals surface area contributed by atoms with E-state index >= 15 is 0 Å². The van der Waals surface area contributed by atoms with Crippen LogP contribution >= 0.6 is 11.6 Å². The van der Waals surface area contributed by atoms with Crippen LogP contribution in [0.2, 0.25) is 5.02 Å². The first-order chi connectivity index (χ1) is 13.4. The second kappa shape index (κ2) is 8.51. The van der Waals surface area contributed by atoms with Crippen molar-refractivity contribution in [2.24, 2.45) is 0 Å². The molecule has 2 aromatic carbocycles. The van der Waals surface area contributed by atoms with Crippen molar-refractivity contribution in [3.8, 4) is 11.5 Å². The van der Waals surface area contributed by atoms with Gasteiger partial charge in [-0.25, -0.2) is 17.9 Å². The predicted molar refractivity (Wildman–Crippen MR) is 101 cm³/mol. The van der Waals surface area contributed by atoms with Crippen LogP contribution in [-0.2, 0) is 21.4 Å². The number of sulfonamides is 1. The molecule has 0 radical (unpaired) electrons. The molecular formula is C18H16ClN3O5S. The predicted octanol–water partition coefficient (Wildman–Crippen LogP) is 3.05. The fourth-order valence-electron chi connectivity index (χ4n) is 2.30. The van der Waals surface area contributed by atoms with E-state index < -0.39 is 16.0 Å². The van der Waals surface area contributed by atoms with Gasteiger partial charge < -0.3 is 9.15 Å². The van der Waals surface area contributed by atoms with Crippen molar-refractivity contribution in [3.63, 3.8) is 0 Å². The Bertz CT molecular complexity index is 1080. The van der Waals surface area contributed by atoms with Crippen molar-refractivity contribution in [3.05, 3.63) is 65.0 Å². The molecule has 1 heterocycles. The zero-order valence-corrected chi connectivity index (χ0v) is 16.3. The number of halogens is 1. The summed E-state index contributed by atoms with van der Waals surface area (Å²) in [5, 5.41) is 8.30. The molecule has 0 saturated carbocycles. The van der Waals surface area contributed by atoms with Crippen molar-refractivity contribution >= 4 is 27.6 Å². The van der Waals surface area contributed by atoms with Crippen LogP contribution in [0.3, 0.4) is 0 Å². The van der Waals surface area contributed by atoms with Gasteiger partial charge in [-0.15, -0.1) is 10.2 Å². The first kappa shape index (κ1) is 20.0. The summed E-state index contributed by atoms with van der Waals surface area (Å²) in [6, 6.07) is 12.4. The topological polar surface area (TPSA) is 111 Å². The summed E-state index contributed by atoms with van der Waals surface area (Å²) in [6.07, 6.45) is 0. The standard InChI is InChI=1S/C18H16ClN3O5S/c1-2-20-28(24,25)15-5-3-4-13(10-15)18(23)26-11-16-21-22-17(27-16)12-6-8-14(19)9-7-12/h3-10,20H,2,11H2,1H3. The summed E-state index contributed by atoms with van der Waals surface area (Å²) in [5.74, 6) is -0.337. The van der Waals surface area contributed by atoms with Crippen LogP contribution in [0.1, 0.15) is 23.2 Å². The smallest absolute Gasteiger partial charge is 0.338 e. The van der Waals surface area contributed by atoms with Gasteiger partial charge in [0.1, 0.15) is 0 Å². The Hall–Kier alpha value is -2.75. The zero-order valence-electron chi connectivity index (χ0n) is 14.8. The Labute approximate surface area is 166 Å². The van der Waals surface area contributed by atoms with E-state index in [4.69, 9.17) is 20.8 Å². The zero-order chi connectivity index (χ0) is 20.1. The SMILES string of the molecule is CCNS(=O)(=O)c1cccc(C(=O)OCc2nnc(-c3ccc(Cl)cc3)o2)c1. The molecule has 0 aliphatic rings. The third kappa shape index (κ3) is 4.75. The molecule has 28 heavy (non-hydrogen) atoms. The van der Waals surface area contributed by atoms with Crippen LogP contribution < -0.4 is 4.72 Å².